The van der Waals surface area contributed by atoms with Gasteiger partial charge in [-0.15, -0.1) is 0 Å². The van der Waals surface area contributed by atoms with E-state index in [4.69, 9.17) is 0 Å². The van der Waals surface area contributed by atoms with Crippen molar-refractivity contribution in [3.05, 3.63) is 66.0 Å². The molecule has 0 bridgehead atoms. The van der Waals surface area contributed by atoms with E-state index in [0.29, 0.717) is 28.1 Å². The van der Waals surface area contributed by atoms with Crippen LogP contribution < -0.4 is 4.90 Å². The second-order valence-corrected chi connectivity index (χ2v) is 6.42. The van der Waals surface area contributed by atoms with Crippen LogP contribution in [0.5, 0.6) is 0 Å². The number of hydrogen-bond donors (Lipinski definition) is 0. The Morgan fingerprint density at radius 3 is 2.64 bits per heavy atom. The van der Waals surface area contributed by atoms with Gasteiger partial charge >= 0.3 is 0 Å². The summed E-state index contributed by atoms with van der Waals surface area (Å²) in [7, 11) is 3.18. The summed E-state index contributed by atoms with van der Waals surface area (Å²) in [5.41, 5.74) is 3.29. The minimum absolute atomic E-state index is 0.160. The highest BCUT2D eigenvalue weighted by Gasteiger charge is 2.20. The summed E-state index contributed by atoms with van der Waals surface area (Å²) in [6.07, 6.45) is 3.14. The molecule has 4 rings (SSSR count). The number of rotatable bonds is 3. The van der Waals surface area contributed by atoms with Gasteiger partial charge in [-0.25, -0.2) is 19.3 Å². The summed E-state index contributed by atoms with van der Waals surface area (Å²) < 4.78 is 16.2. The molecule has 1 aromatic carbocycles. The molecular weight excluding hydrogens is 359 g/mol. The van der Waals surface area contributed by atoms with Crippen molar-refractivity contribution in [2.45, 2.75) is 6.92 Å². The molecule has 7 nitrogen and oxygen atoms in total. The Bertz CT molecular complexity index is 1200. The molecule has 0 unspecified atom stereocenters. The van der Waals surface area contributed by atoms with Gasteiger partial charge in [-0.2, -0.15) is 5.10 Å². The standard InChI is InChI=1S/C20H17FN6O/c1-12-4-6-15-16(24-12)11-22-19(25-15)13-5-7-17(14(21)10-13)26(2)20(28)18-8-9-23-27(18)3/h4-11H,1-3H3. The Kier molecular flexibility index (Phi) is 4.31. The number of amides is 1. The molecule has 0 saturated heterocycles. The summed E-state index contributed by atoms with van der Waals surface area (Å²) in [5, 5.41) is 3.97. The Balaban J connectivity index is 1.67. The number of aromatic nitrogens is 5. The van der Waals surface area contributed by atoms with E-state index in [-0.39, 0.29) is 11.6 Å². The van der Waals surface area contributed by atoms with Gasteiger partial charge in [0.25, 0.3) is 5.91 Å². The molecule has 3 heterocycles. The Morgan fingerprint density at radius 2 is 1.93 bits per heavy atom. The van der Waals surface area contributed by atoms with Crippen molar-refractivity contribution in [2.24, 2.45) is 7.05 Å². The number of benzene rings is 1. The van der Waals surface area contributed by atoms with E-state index < -0.39 is 5.82 Å². The minimum atomic E-state index is -0.541. The number of pyridine rings is 1. The maximum atomic E-state index is 14.8. The van der Waals surface area contributed by atoms with E-state index in [2.05, 4.69) is 20.1 Å². The second kappa shape index (κ2) is 6.80. The van der Waals surface area contributed by atoms with E-state index in [1.54, 1.807) is 31.4 Å². The number of halogens is 1. The molecule has 0 N–H and O–H groups in total. The maximum absolute atomic E-state index is 14.8. The van der Waals surface area contributed by atoms with E-state index in [1.165, 1.54) is 28.9 Å². The zero-order chi connectivity index (χ0) is 19.8. The fourth-order valence-corrected chi connectivity index (χ4v) is 2.95. The smallest absolute Gasteiger partial charge is 0.276 e. The van der Waals surface area contributed by atoms with Crippen LogP contribution in [0.1, 0.15) is 16.2 Å². The van der Waals surface area contributed by atoms with Crippen LogP contribution >= 0.6 is 0 Å². The van der Waals surface area contributed by atoms with Crippen LogP contribution in [0.4, 0.5) is 10.1 Å². The molecule has 8 heteroatoms. The van der Waals surface area contributed by atoms with Crippen LogP contribution in [0.2, 0.25) is 0 Å². The highest BCUT2D eigenvalue weighted by atomic mass is 19.1. The molecule has 0 aliphatic rings. The summed E-state index contributed by atoms with van der Waals surface area (Å²) in [4.78, 5) is 26.9. The number of aryl methyl sites for hydroxylation is 2. The fourth-order valence-electron chi connectivity index (χ4n) is 2.95. The van der Waals surface area contributed by atoms with Crippen molar-refractivity contribution in [1.82, 2.24) is 24.7 Å². The number of hydrogen-bond acceptors (Lipinski definition) is 5. The first-order valence-corrected chi connectivity index (χ1v) is 8.60. The molecule has 3 aromatic heterocycles. The lowest BCUT2D eigenvalue weighted by molar-refractivity contribution is 0.0983. The van der Waals surface area contributed by atoms with E-state index >= 15 is 0 Å². The quantitative estimate of drug-likeness (QED) is 0.549. The fraction of sp³-hybridized carbons (Fsp3) is 0.150. The molecule has 0 spiro atoms. The lowest BCUT2D eigenvalue weighted by atomic mass is 10.1. The molecule has 0 atom stereocenters. The summed E-state index contributed by atoms with van der Waals surface area (Å²) in [6.45, 7) is 1.89. The van der Waals surface area contributed by atoms with Gasteiger partial charge in [-0.1, -0.05) is 0 Å². The summed E-state index contributed by atoms with van der Waals surface area (Å²) in [5.74, 6) is -0.500. The molecule has 0 aliphatic heterocycles. The normalized spacial score (nSPS) is 11.0. The van der Waals surface area contributed by atoms with Crippen molar-refractivity contribution in [3.8, 4) is 11.4 Å². The number of carbonyl (C=O) groups excluding carboxylic acids is 1. The molecule has 4 aromatic rings. The molecular formula is C20H17FN6O. The van der Waals surface area contributed by atoms with Gasteiger partial charge in [0.15, 0.2) is 5.82 Å². The lowest BCUT2D eigenvalue weighted by Crippen LogP contribution is -2.29. The Hall–Kier alpha value is -3.68. The molecule has 0 saturated carbocycles. The average molecular weight is 376 g/mol. The van der Waals surface area contributed by atoms with Gasteiger partial charge in [0.2, 0.25) is 0 Å². The number of fused-ring (bicyclic) bond motifs is 1. The number of carbonyl (C=O) groups is 1. The van der Waals surface area contributed by atoms with Gasteiger partial charge in [-0.3, -0.25) is 9.48 Å². The first-order chi connectivity index (χ1) is 13.4. The average Bonchev–Trinajstić information content (AvgIpc) is 3.12. The van der Waals surface area contributed by atoms with Crippen LogP contribution in [0.3, 0.4) is 0 Å². The second-order valence-electron chi connectivity index (χ2n) is 6.42. The van der Waals surface area contributed by atoms with Crippen molar-refractivity contribution in [1.29, 1.82) is 0 Å². The zero-order valence-corrected chi connectivity index (χ0v) is 15.6. The molecule has 1 amide bonds. The van der Waals surface area contributed by atoms with Crippen LogP contribution in [0.15, 0.2) is 48.8 Å². The molecule has 140 valence electrons. The van der Waals surface area contributed by atoms with E-state index in [0.717, 1.165) is 5.69 Å². The van der Waals surface area contributed by atoms with Crippen LogP contribution in [0, 0.1) is 12.7 Å². The largest absolute Gasteiger partial charge is 0.307 e. The van der Waals surface area contributed by atoms with Gasteiger partial charge in [-0.05, 0) is 43.3 Å². The highest BCUT2D eigenvalue weighted by molar-refractivity contribution is 6.04. The summed E-state index contributed by atoms with van der Waals surface area (Å²) >= 11 is 0. The summed E-state index contributed by atoms with van der Waals surface area (Å²) in [6, 6.07) is 9.86. The van der Waals surface area contributed by atoms with Crippen LogP contribution in [-0.2, 0) is 7.05 Å². The minimum Gasteiger partial charge on any atom is -0.307 e. The zero-order valence-electron chi connectivity index (χ0n) is 15.6. The third kappa shape index (κ3) is 3.09. The van der Waals surface area contributed by atoms with Crippen molar-refractivity contribution in [3.63, 3.8) is 0 Å². The van der Waals surface area contributed by atoms with Crippen molar-refractivity contribution in [2.75, 3.05) is 11.9 Å². The van der Waals surface area contributed by atoms with Gasteiger partial charge in [0, 0.05) is 31.5 Å². The Labute approximate surface area is 160 Å². The molecule has 0 radical (unpaired) electrons. The van der Waals surface area contributed by atoms with Gasteiger partial charge in [0.1, 0.15) is 17.0 Å². The van der Waals surface area contributed by atoms with Crippen LogP contribution in [0.25, 0.3) is 22.4 Å². The van der Waals surface area contributed by atoms with Gasteiger partial charge in [0.05, 0.1) is 17.4 Å². The number of nitrogens with zero attached hydrogens (tertiary/aromatic N) is 6. The third-order valence-electron chi connectivity index (χ3n) is 4.49. The van der Waals surface area contributed by atoms with Crippen molar-refractivity contribution >= 4 is 22.6 Å². The molecule has 28 heavy (non-hydrogen) atoms. The van der Waals surface area contributed by atoms with Gasteiger partial charge < -0.3 is 4.90 Å². The maximum Gasteiger partial charge on any atom is 0.276 e. The predicted octanol–water partition coefficient (Wildman–Crippen LogP) is 3.15. The first-order valence-electron chi connectivity index (χ1n) is 8.60. The highest BCUT2D eigenvalue weighted by Crippen LogP contribution is 2.26. The molecule has 0 aliphatic carbocycles. The first kappa shape index (κ1) is 17.7. The molecule has 0 fully saturated rings. The topological polar surface area (TPSA) is 76.8 Å². The lowest BCUT2D eigenvalue weighted by Gasteiger charge is -2.18. The predicted molar refractivity (Wildman–Crippen MR) is 103 cm³/mol. The van der Waals surface area contributed by atoms with Crippen molar-refractivity contribution < 1.29 is 9.18 Å². The monoisotopic (exact) mass is 376 g/mol. The SMILES string of the molecule is Cc1ccc2nc(-c3ccc(N(C)C(=O)c4ccnn4C)c(F)c3)ncc2n1. The van der Waals surface area contributed by atoms with E-state index in [9.17, 15) is 9.18 Å². The van der Waals surface area contributed by atoms with Crippen LogP contribution in [-0.4, -0.2) is 37.7 Å². The van der Waals surface area contributed by atoms with E-state index in [1.807, 2.05) is 19.1 Å². The number of anilines is 1. The third-order valence-corrected chi connectivity index (χ3v) is 4.49. The Morgan fingerprint density at radius 1 is 1.11 bits per heavy atom.